The second-order valence-corrected chi connectivity index (χ2v) is 6.98. The van der Waals surface area contributed by atoms with Crippen molar-refractivity contribution in [1.82, 2.24) is 9.88 Å². The number of ether oxygens (including phenoxy) is 2. The third-order valence-corrected chi connectivity index (χ3v) is 4.07. The van der Waals surface area contributed by atoms with Crippen LogP contribution < -0.4 is 9.47 Å². The molecule has 5 heteroatoms. The molecule has 25 heavy (non-hydrogen) atoms. The van der Waals surface area contributed by atoms with Gasteiger partial charge in [0.15, 0.2) is 11.5 Å². The highest BCUT2D eigenvalue weighted by molar-refractivity contribution is 9.10. The smallest absolute Gasteiger partial charge is 0.168 e. The highest BCUT2D eigenvalue weighted by Gasteiger charge is 2.11. The number of hydrogen-bond acceptors (Lipinski definition) is 4. The van der Waals surface area contributed by atoms with Gasteiger partial charge in [-0.15, -0.1) is 0 Å². The predicted octanol–water partition coefficient (Wildman–Crippen LogP) is 4.66. The largest absolute Gasteiger partial charge is 0.493 e. The maximum absolute atomic E-state index is 6.03. The van der Waals surface area contributed by atoms with Crippen molar-refractivity contribution in [3.05, 3.63) is 51.8 Å². The second-order valence-electron chi connectivity index (χ2n) is 6.07. The molecule has 0 saturated heterocycles. The molecule has 0 N–H and O–H groups in total. The molecule has 0 saturated carbocycles. The van der Waals surface area contributed by atoms with Crippen LogP contribution in [0.15, 0.2) is 34.8 Å². The number of halogens is 1. The molecule has 0 aliphatic rings. The van der Waals surface area contributed by atoms with Gasteiger partial charge in [0.1, 0.15) is 0 Å². The summed E-state index contributed by atoms with van der Waals surface area (Å²) < 4.78 is 12.5. The van der Waals surface area contributed by atoms with Crippen molar-refractivity contribution >= 4 is 28.1 Å². The Morgan fingerprint density at radius 2 is 2.00 bits per heavy atom. The van der Waals surface area contributed by atoms with Crippen molar-refractivity contribution < 1.29 is 9.47 Å². The van der Waals surface area contributed by atoms with E-state index in [4.69, 9.17) is 9.47 Å². The lowest BCUT2D eigenvalue weighted by atomic mass is 10.1. The van der Waals surface area contributed by atoms with Crippen molar-refractivity contribution in [1.29, 1.82) is 0 Å². The van der Waals surface area contributed by atoms with Gasteiger partial charge < -0.3 is 14.4 Å². The van der Waals surface area contributed by atoms with Gasteiger partial charge in [0.2, 0.25) is 0 Å². The topological polar surface area (TPSA) is 34.6 Å². The third kappa shape index (κ3) is 6.18. The number of aryl methyl sites for hydroxylation is 1. The molecule has 0 bridgehead atoms. The van der Waals surface area contributed by atoms with Gasteiger partial charge in [-0.25, -0.2) is 0 Å². The highest BCUT2D eigenvalue weighted by Crippen LogP contribution is 2.36. The van der Waals surface area contributed by atoms with Crippen molar-refractivity contribution in [2.75, 3.05) is 34.4 Å². The summed E-state index contributed by atoms with van der Waals surface area (Å²) in [6, 6.07) is 9.91. The molecule has 0 amide bonds. The van der Waals surface area contributed by atoms with Crippen molar-refractivity contribution in [3.8, 4) is 11.5 Å². The van der Waals surface area contributed by atoms with E-state index in [0.29, 0.717) is 6.61 Å². The zero-order valence-corrected chi connectivity index (χ0v) is 16.8. The molecule has 0 aliphatic carbocycles. The normalized spacial score (nSPS) is 11.3. The number of hydrogen-bond donors (Lipinski definition) is 0. The molecule has 1 heterocycles. The van der Waals surface area contributed by atoms with Crippen LogP contribution in [0.1, 0.15) is 23.4 Å². The summed E-state index contributed by atoms with van der Waals surface area (Å²) in [5, 5.41) is 0. The fourth-order valence-corrected chi connectivity index (χ4v) is 2.86. The van der Waals surface area contributed by atoms with Crippen LogP contribution >= 0.6 is 15.9 Å². The summed E-state index contributed by atoms with van der Waals surface area (Å²) in [4.78, 5) is 6.65. The number of rotatable bonds is 8. The number of pyridine rings is 1. The number of aromatic nitrogens is 1. The van der Waals surface area contributed by atoms with E-state index < -0.39 is 0 Å². The lowest BCUT2D eigenvalue weighted by Gasteiger charge is -2.15. The standard InChI is InChI=1S/C20H25BrN2O2/c1-15-7-5-8-18(22-15)10-9-16-13-17(21)14-19(24-4)20(16)25-12-6-11-23(2)3/h5,7-10,13-14H,6,11-12H2,1-4H3/b10-9+. The average molecular weight is 405 g/mol. The van der Waals surface area contributed by atoms with Gasteiger partial charge in [-0.1, -0.05) is 22.0 Å². The fraction of sp³-hybridized carbons (Fsp3) is 0.350. The molecule has 2 aromatic rings. The van der Waals surface area contributed by atoms with E-state index in [-0.39, 0.29) is 0 Å². The molecule has 0 aliphatic heterocycles. The molecular weight excluding hydrogens is 380 g/mol. The zero-order chi connectivity index (χ0) is 18.2. The van der Waals surface area contributed by atoms with E-state index in [1.807, 2.05) is 49.4 Å². The first-order chi connectivity index (χ1) is 12.0. The molecule has 0 unspecified atom stereocenters. The number of benzene rings is 1. The van der Waals surface area contributed by atoms with Crippen LogP contribution in [0.3, 0.4) is 0 Å². The summed E-state index contributed by atoms with van der Waals surface area (Å²) >= 11 is 3.54. The van der Waals surface area contributed by atoms with Crippen LogP contribution in [-0.4, -0.2) is 44.2 Å². The molecule has 1 aromatic carbocycles. The van der Waals surface area contributed by atoms with Crippen LogP contribution in [0, 0.1) is 6.92 Å². The van der Waals surface area contributed by atoms with E-state index in [9.17, 15) is 0 Å². The van der Waals surface area contributed by atoms with Crippen LogP contribution in [0.5, 0.6) is 11.5 Å². The van der Waals surface area contributed by atoms with E-state index >= 15 is 0 Å². The van der Waals surface area contributed by atoms with Crippen LogP contribution in [0.2, 0.25) is 0 Å². The number of methoxy groups -OCH3 is 1. The van der Waals surface area contributed by atoms with Gasteiger partial charge in [-0.05, 0) is 63.9 Å². The predicted molar refractivity (Wildman–Crippen MR) is 107 cm³/mol. The summed E-state index contributed by atoms with van der Waals surface area (Å²) in [6.45, 7) is 3.61. The monoisotopic (exact) mass is 404 g/mol. The Balaban J connectivity index is 2.24. The molecular formula is C20H25BrN2O2. The average Bonchev–Trinajstić information content (AvgIpc) is 2.57. The molecule has 1 aromatic heterocycles. The Morgan fingerprint density at radius 3 is 2.68 bits per heavy atom. The van der Waals surface area contributed by atoms with Crippen molar-refractivity contribution in [2.24, 2.45) is 0 Å². The van der Waals surface area contributed by atoms with Crippen LogP contribution in [-0.2, 0) is 0 Å². The maximum atomic E-state index is 6.03. The van der Waals surface area contributed by atoms with Gasteiger partial charge in [0.05, 0.1) is 19.4 Å². The Kier molecular flexibility index (Phi) is 7.47. The lowest BCUT2D eigenvalue weighted by molar-refractivity contribution is 0.267. The van der Waals surface area contributed by atoms with Gasteiger partial charge in [-0.3, -0.25) is 4.98 Å². The van der Waals surface area contributed by atoms with Crippen LogP contribution in [0.4, 0.5) is 0 Å². The van der Waals surface area contributed by atoms with Gasteiger partial charge in [0.25, 0.3) is 0 Å². The maximum Gasteiger partial charge on any atom is 0.168 e. The molecule has 0 spiro atoms. The third-order valence-electron chi connectivity index (χ3n) is 3.61. The van der Waals surface area contributed by atoms with E-state index in [2.05, 4.69) is 39.9 Å². The Bertz CT molecular complexity index is 730. The molecule has 2 rings (SSSR count). The second kappa shape index (κ2) is 9.59. The first-order valence-corrected chi connectivity index (χ1v) is 9.05. The zero-order valence-electron chi connectivity index (χ0n) is 15.3. The van der Waals surface area contributed by atoms with Gasteiger partial charge in [-0.2, -0.15) is 0 Å². The van der Waals surface area contributed by atoms with E-state index in [1.165, 1.54) is 0 Å². The molecule has 0 radical (unpaired) electrons. The minimum atomic E-state index is 0.639. The summed E-state index contributed by atoms with van der Waals surface area (Å²) in [6.07, 6.45) is 4.95. The quantitative estimate of drug-likeness (QED) is 0.599. The minimum absolute atomic E-state index is 0.639. The lowest BCUT2D eigenvalue weighted by Crippen LogP contribution is -2.15. The molecule has 0 fully saturated rings. The molecule has 134 valence electrons. The SMILES string of the molecule is COc1cc(Br)cc(/C=C/c2cccc(C)n2)c1OCCCN(C)C. The minimum Gasteiger partial charge on any atom is -0.493 e. The van der Waals surface area contributed by atoms with Crippen molar-refractivity contribution in [2.45, 2.75) is 13.3 Å². The first kappa shape index (κ1) is 19.5. The van der Waals surface area contributed by atoms with E-state index in [1.54, 1.807) is 7.11 Å². The van der Waals surface area contributed by atoms with Crippen LogP contribution in [0.25, 0.3) is 12.2 Å². The van der Waals surface area contributed by atoms with Gasteiger partial charge >= 0.3 is 0 Å². The van der Waals surface area contributed by atoms with Crippen molar-refractivity contribution in [3.63, 3.8) is 0 Å². The molecule has 0 atom stereocenters. The Hall–Kier alpha value is -1.85. The van der Waals surface area contributed by atoms with E-state index in [0.717, 1.165) is 45.9 Å². The Morgan fingerprint density at radius 1 is 1.20 bits per heavy atom. The fourth-order valence-electron chi connectivity index (χ4n) is 2.41. The number of nitrogens with zero attached hydrogens (tertiary/aromatic N) is 2. The highest BCUT2D eigenvalue weighted by atomic mass is 79.9. The summed E-state index contributed by atoms with van der Waals surface area (Å²) in [5.74, 6) is 1.48. The first-order valence-electron chi connectivity index (χ1n) is 8.26. The summed E-state index contributed by atoms with van der Waals surface area (Å²) in [7, 11) is 5.77. The summed E-state index contributed by atoms with van der Waals surface area (Å²) in [5.41, 5.74) is 2.87. The Labute approximate surface area is 158 Å². The molecule has 4 nitrogen and oxygen atoms in total. The van der Waals surface area contributed by atoms with Gasteiger partial charge in [0, 0.05) is 22.3 Å².